The zero-order valence-electron chi connectivity index (χ0n) is 11.0. The third-order valence-corrected chi connectivity index (χ3v) is 3.68. The van der Waals surface area contributed by atoms with E-state index >= 15 is 0 Å². The van der Waals surface area contributed by atoms with E-state index in [1.165, 1.54) is 19.3 Å². The maximum atomic E-state index is 4.41. The van der Waals surface area contributed by atoms with Crippen LogP contribution in [0.15, 0.2) is 6.07 Å². The summed E-state index contributed by atoms with van der Waals surface area (Å²) in [6.45, 7) is 5.30. The third kappa shape index (κ3) is 3.08. The molecule has 0 aromatic carbocycles. The average molecular weight is 234 g/mol. The smallest absolute Gasteiger partial charge is 0.131 e. The van der Waals surface area contributed by atoms with Crippen molar-refractivity contribution in [3.8, 4) is 0 Å². The zero-order chi connectivity index (χ0) is 12.3. The van der Waals surface area contributed by atoms with Gasteiger partial charge in [-0.3, -0.25) is 0 Å². The van der Waals surface area contributed by atoms with Gasteiger partial charge in [0.1, 0.15) is 17.5 Å². The minimum Gasteiger partial charge on any atom is -0.373 e. The van der Waals surface area contributed by atoms with Crippen molar-refractivity contribution in [2.45, 2.75) is 33.1 Å². The number of rotatable bonds is 4. The van der Waals surface area contributed by atoms with E-state index in [0.29, 0.717) is 0 Å². The van der Waals surface area contributed by atoms with Gasteiger partial charge in [0.25, 0.3) is 0 Å². The molecule has 1 heterocycles. The monoisotopic (exact) mass is 234 g/mol. The minimum absolute atomic E-state index is 0.795. The molecule has 1 aromatic rings. The fourth-order valence-corrected chi connectivity index (χ4v) is 2.55. The Labute approximate surface area is 103 Å². The number of hydrogen-bond donors (Lipinski definition) is 2. The van der Waals surface area contributed by atoms with Gasteiger partial charge in [-0.2, -0.15) is 0 Å². The number of anilines is 2. The number of hydrogen-bond acceptors (Lipinski definition) is 4. The molecule has 17 heavy (non-hydrogen) atoms. The van der Waals surface area contributed by atoms with E-state index in [1.54, 1.807) is 0 Å². The van der Waals surface area contributed by atoms with Crippen LogP contribution in [-0.4, -0.2) is 23.6 Å². The second-order valence-corrected chi connectivity index (χ2v) is 4.98. The molecule has 0 saturated heterocycles. The highest BCUT2D eigenvalue weighted by atomic mass is 15.1. The van der Waals surface area contributed by atoms with Crippen molar-refractivity contribution in [1.82, 2.24) is 9.97 Å². The van der Waals surface area contributed by atoms with Crippen LogP contribution in [-0.2, 0) is 0 Å². The number of nitrogens with one attached hydrogen (secondary N) is 2. The van der Waals surface area contributed by atoms with Crippen LogP contribution in [0, 0.1) is 18.8 Å². The Morgan fingerprint density at radius 2 is 2.06 bits per heavy atom. The van der Waals surface area contributed by atoms with Crippen molar-refractivity contribution in [3.05, 3.63) is 11.9 Å². The van der Waals surface area contributed by atoms with Crippen LogP contribution < -0.4 is 10.6 Å². The Hall–Kier alpha value is -1.32. The Bertz CT molecular complexity index is 378. The maximum absolute atomic E-state index is 4.41. The highest BCUT2D eigenvalue weighted by Crippen LogP contribution is 2.31. The normalized spacial score (nSPS) is 23.7. The standard InChI is InChI=1S/C13H22N4/c1-9-5-4-6-11(9)8-15-13-7-12(14-3)16-10(2)17-13/h7,9,11H,4-6,8H2,1-3H3,(H2,14,15,16,17). The topological polar surface area (TPSA) is 49.8 Å². The van der Waals surface area contributed by atoms with Crippen molar-refractivity contribution in [2.75, 3.05) is 24.2 Å². The van der Waals surface area contributed by atoms with E-state index in [0.717, 1.165) is 35.8 Å². The highest BCUT2D eigenvalue weighted by molar-refractivity contribution is 5.47. The van der Waals surface area contributed by atoms with Gasteiger partial charge in [0.05, 0.1) is 0 Å². The van der Waals surface area contributed by atoms with E-state index < -0.39 is 0 Å². The fourth-order valence-electron chi connectivity index (χ4n) is 2.55. The molecular formula is C13H22N4. The summed E-state index contributed by atoms with van der Waals surface area (Å²) >= 11 is 0. The van der Waals surface area contributed by atoms with Gasteiger partial charge in [-0.1, -0.05) is 19.8 Å². The SMILES string of the molecule is CNc1cc(NCC2CCCC2C)nc(C)n1. The largest absolute Gasteiger partial charge is 0.373 e. The zero-order valence-corrected chi connectivity index (χ0v) is 11.0. The van der Waals surface area contributed by atoms with Crippen LogP contribution in [0.5, 0.6) is 0 Å². The molecule has 1 aromatic heterocycles. The average Bonchev–Trinajstić information content (AvgIpc) is 2.71. The molecule has 2 atom stereocenters. The molecule has 0 bridgehead atoms. The van der Waals surface area contributed by atoms with Crippen molar-refractivity contribution >= 4 is 11.6 Å². The molecule has 4 nitrogen and oxygen atoms in total. The van der Waals surface area contributed by atoms with Gasteiger partial charge in [0.15, 0.2) is 0 Å². The molecule has 0 aliphatic heterocycles. The van der Waals surface area contributed by atoms with Crippen LogP contribution >= 0.6 is 0 Å². The molecule has 1 aliphatic rings. The quantitative estimate of drug-likeness (QED) is 0.841. The summed E-state index contributed by atoms with van der Waals surface area (Å²) in [4.78, 5) is 8.69. The summed E-state index contributed by atoms with van der Waals surface area (Å²) in [5.41, 5.74) is 0. The van der Waals surface area contributed by atoms with Crippen LogP contribution in [0.2, 0.25) is 0 Å². The third-order valence-electron chi connectivity index (χ3n) is 3.68. The lowest BCUT2D eigenvalue weighted by Crippen LogP contribution is -2.17. The Kier molecular flexibility index (Phi) is 3.82. The molecule has 2 rings (SSSR count). The van der Waals surface area contributed by atoms with E-state index in [4.69, 9.17) is 0 Å². The molecule has 2 N–H and O–H groups in total. The summed E-state index contributed by atoms with van der Waals surface area (Å²) < 4.78 is 0. The molecule has 4 heteroatoms. The number of aromatic nitrogens is 2. The molecule has 0 spiro atoms. The summed E-state index contributed by atoms with van der Waals surface area (Å²) in [6.07, 6.45) is 4.09. The predicted octanol–water partition coefficient (Wildman–Crippen LogP) is 2.67. The highest BCUT2D eigenvalue weighted by Gasteiger charge is 2.22. The second kappa shape index (κ2) is 5.34. The molecule has 1 fully saturated rings. The lowest BCUT2D eigenvalue weighted by Gasteiger charge is -2.16. The number of nitrogens with zero attached hydrogens (tertiary/aromatic N) is 2. The van der Waals surface area contributed by atoms with Gasteiger partial charge in [-0.15, -0.1) is 0 Å². The van der Waals surface area contributed by atoms with Gasteiger partial charge < -0.3 is 10.6 Å². The van der Waals surface area contributed by atoms with E-state index in [9.17, 15) is 0 Å². The van der Waals surface area contributed by atoms with E-state index in [2.05, 4.69) is 27.5 Å². The summed E-state index contributed by atoms with van der Waals surface area (Å²) in [5.74, 6) is 4.25. The maximum Gasteiger partial charge on any atom is 0.131 e. The summed E-state index contributed by atoms with van der Waals surface area (Å²) in [5, 5.41) is 6.50. The first kappa shape index (κ1) is 12.1. The van der Waals surface area contributed by atoms with Crippen LogP contribution in [0.4, 0.5) is 11.6 Å². The van der Waals surface area contributed by atoms with Crippen molar-refractivity contribution in [2.24, 2.45) is 11.8 Å². The minimum atomic E-state index is 0.795. The summed E-state index contributed by atoms with van der Waals surface area (Å²) in [7, 11) is 1.88. The van der Waals surface area contributed by atoms with Crippen LogP contribution in [0.25, 0.3) is 0 Å². The fraction of sp³-hybridized carbons (Fsp3) is 0.692. The second-order valence-electron chi connectivity index (χ2n) is 4.98. The Balaban J connectivity index is 1.96. The summed E-state index contributed by atoms with van der Waals surface area (Å²) in [6, 6.07) is 1.96. The van der Waals surface area contributed by atoms with Gasteiger partial charge in [-0.25, -0.2) is 9.97 Å². The van der Waals surface area contributed by atoms with Gasteiger partial charge in [0.2, 0.25) is 0 Å². The van der Waals surface area contributed by atoms with Crippen LogP contribution in [0.3, 0.4) is 0 Å². The Morgan fingerprint density at radius 3 is 2.71 bits per heavy atom. The predicted molar refractivity (Wildman–Crippen MR) is 71.3 cm³/mol. The first-order chi connectivity index (χ1) is 8.19. The molecule has 0 radical (unpaired) electrons. The van der Waals surface area contributed by atoms with Crippen molar-refractivity contribution in [1.29, 1.82) is 0 Å². The van der Waals surface area contributed by atoms with Gasteiger partial charge in [0, 0.05) is 19.7 Å². The van der Waals surface area contributed by atoms with E-state index in [1.807, 2.05) is 20.0 Å². The molecular weight excluding hydrogens is 212 g/mol. The molecule has 1 saturated carbocycles. The lowest BCUT2D eigenvalue weighted by atomic mass is 9.98. The lowest BCUT2D eigenvalue weighted by molar-refractivity contribution is 0.439. The molecule has 1 aliphatic carbocycles. The van der Waals surface area contributed by atoms with Gasteiger partial charge in [-0.05, 0) is 25.2 Å². The molecule has 2 unspecified atom stereocenters. The Morgan fingerprint density at radius 1 is 1.29 bits per heavy atom. The first-order valence-electron chi connectivity index (χ1n) is 6.46. The van der Waals surface area contributed by atoms with Gasteiger partial charge >= 0.3 is 0 Å². The van der Waals surface area contributed by atoms with Crippen LogP contribution in [0.1, 0.15) is 32.0 Å². The number of aryl methyl sites for hydroxylation is 1. The molecule has 94 valence electrons. The van der Waals surface area contributed by atoms with E-state index in [-0.39, 0.29) is 0 Å². The molecule has 0 amide bonds. The van der Waals surface area contributed by atoms with Crippen molar-refractivity contribution in [3.63, 3.8) is 0 Å². The van der Waals surface area contributed by atoms with Crippen molar-refractivity contribution < 1.29 is 0 Å². The first-order valence-corrected chi connectivity index (χ1v) is 6.46.